The topological polar surface area (TPSA) is 87.6 Å². The van der Waals surface area contributed by atoms with E-state index in [4.69, 9.17) is 4.74 Å². The number of rotatable bonds is 6. The van der Waals surface area contributed by atoms with E-state index >= 15 is 0 Å². The van der Waals surface area contributed by atoms with E-state index in [2.05, 4.69) is 15.3 Å². The van der Waals surface area contributed by atoms with Gasteiger partial charge in [0.05, 0.1) is 18.4 Å². The number of carbonyl (C=O) groups is 1. The lowest BCUT2D eigenvalue weighted by Crippen LogP contribution is -2.54. The van der Waals surface area contributed by atoms with Crippen molar-refractivity contribution in [2.45, 2.75) is 25.0 Å². The van der Waals surface area contributed by atoms with Crippen molar-refractivity contribution in [2.24, 2.45) is 0 Å². The number of amides is 1. The van der Waals surface area contributed by atoms with Crippen molar-refractivity contribution in [3.8, 4) is 0 Å². The van der Waals surface area contributed by atoms with Crippen LogP contribution in [0.25, 0.3) is 0 Å². The largest absolute Gasteiger partial charge is 0.386 e. The molecule has 0 radical (unpaired) electrons. The minimum Gasteiger partial charge on any atom is -0.386 e. The number of nitrogens with zero attached hydrogens (tertiary/aromatic N) is 3. The number of anilines is 1. The summed E-state index contributed by atoms with van der Waals surface area (Å²) in [5.74, 6) is 0.539. The molecule has 26 heavy (non-hydrogen) atoms. The first-order valence-corrected chi connectivity index (χ1v) is 8.69. The Morgan fingerprint density at radius 2 is 2.31 bits per heavy atom. The summed E-state index contributed by atoms with van der Waals surface area (Å²) >= 11 is 0. The summed E-state index contributed by atoms with van der Waals surface area (Å²) < 4.78 is 5.10. The second kappa shape index (κ2) is 8.25. The van der Waals surface area contributed by atoms with Crippen LogP contribution in [0.15, 0.2) is 42.9 Å². The fraction of sp³-hybridized carbons (Fsp3) is 0.421. The zero-order valence-corrected chi connectivity index (χ0v) is 14.9. The number of nitrogens with one attached hydrogen (secondary N) is 1. The van der Waals surface area contributed by atoms with Crippen molar-refractivity contribution >= 4 is 11.7 Å². The molecule has 1 aliphatic rings. The van der Waals surface area contributed by atoms with Crippen LogP contribution >= 0.6 is 0 Å². The third-order valence-electron chi connectivity index (χ3n) is 4.51. The Balaban J connectivity index is 1.61. The summed E-state index contributed by atoms with van der Waals surface area (Å²) in [6.07, 6.45) is 6.40. The van der Waals surface area contributed by atoms with Gasteiger partial charge in [0, 0.05) is 44.7 Å². The fourth-order valence-corrected chi connectivity index (χ4v) is 3.22. The number of ether oxygens (including phenoxy) is 1. The van der Waals surface area contributed by atoms with Crippen LogP contribution in [0.4, 0.5) is 5.82 Å². The minimum atomic E-state index is -0.991. The molecule has 1 saturated heterocycles. The lowest BCUT2D eigenvalue weighted by molar-refractivity contribution is 0.0254. The quantitative estimate of drug-likeness (QED) is 0.813. The van der Waals surface area contributed by atoms with E-state index in [0.29, 0.717) is 25.1 Å². The highest BCUT2D eigenvalue weighted by Gasteiger charge is 2.34. The molecule has 1 fully saturated rings. The van der Waals surface area contributed by atoms with Gasteiger partial charge in [0.25, 0.3) is 5.91 Å². The monoisotopic (exact) mass is 356 g/mol. The predicted octanol–water partition coefficient (Wildman–Crippen LogP) is 1.38. The molecule has 0 aliphatic carbocycles. The molecular weight excluding hydrogens is 332 g/mol. The van der Waals surface area contributed by atoms with Crippen molar-refractivity contribution in [1.82, 2.24) is 15.3 Å². The van der Waals surface area contributed by atoms with Gasteiger partial charge in [-0.2, -0.15) is 0 Å². The van der Waals surface area contributed by atoms with Crippen molar-refractivity contribution in [3.63, 3.8) is 0 Å². The lowest BCUT2D eigenvalue weighted by atomic mass is 9.92. The van der Waals surface area contributed by atoms with Gasteiger partial charge >= 0.3 is 0 Å². The maximum absolute atomic E-state index is 12.4. The Morgan fingerprint density at radius 3 is 3.08 bits per heavy atom. The van der Waals surface area contributed by atoms with Crippen LogP contribution in [0.2, 0.25) is 0 Å². The number of aromatic nitrogens is 2. The lowest BCUT2D eigenvalue weighted by Gasteiger charge is -2.39. The van der Waals surface area contributed by atoms with E-state index < -0.39 is 5.60 Å². The zero-order chi connectivity index (χ0) is 18.4. The van der Waals surface area contributed by atoms with Crippen LogP contribution in [0.3, 0.4) is 0 Å². The SMILES string of the molecule is COCc1cccc(C(=O)NC[C@@]2(O)CCCN(c3cnccn3)C2)c1. The van der Waals surface area contributed by atoms with Crippen molar-refractivity contribution < 1.29 is 14.6 Å². The smallest absolute Gasteiger partial charge is 0.251 e. The zero-order valence-electron chi connectivity index (χ0n) is 14.9. The second-order valence-electron chi connectivity index (χ2n) is 6.63. The molecule has 2 heterocycles. The summed E-state index contributed by atoms with van der Waals surface area (Å²) in [7, 11) is 1.62. The first kappa shape index (κ1) is 18.3. The van der Waals surface area contributed by atoms with E-state index in [9.17, 15) is 9.90 Å². The Labute approximate surface area is 153 Å². The highest BCUT2D eigenvalue weighted by molar-refractivity contribution is 5.94. The number of carbonyl (C=O) groups excluding carboxylic acids is 1. The van der Waals surface area contributed by atoms with Crippen LogP contribution in [0, 0.1) is 0 Å². The van der Waals surface area contributed by atoms with E-state index in [0.717, 1.165) is 24.3 Å². The molecule has 2 N–H and O–H groups in total. The van der Waals surface area contributed by atoms with E-state index in [-0.39, 0.29) is 12.5 Å². The first-order chi connectivity index (χ1) is 12.6. The van der Waals surface area contributed by atoms with Gasteiger partial charge in [-0.25, -0.2) is 4.98 Å². The third-order valence-corrected chi connectivity index (χ3v) is 4.51. The molecule has 1 amide bonds. The summed E-state index contributed by atoms with van der Waals surface area (Å²) in [6, 6.07) is 7.29. The predicted molar refractivity (Wildman–Crippen MR) is 97.9 cm³/mol. The molecule has 2 aromatic rings. The Morgan fingerprint density at radius 1 is 1.42 bits per heavy atom. The molecule has 1 aliphatic heterocycles. The molecule has 0 bridgehead atoms. The van der Waals surface area contributed by atoms with Gasteiger partial charge in [-0.05, 0) is 30.5 Å². The van der Waals surface area contributed by atoms with Crippen LogP contribution in [0.1, 0.15) is 28.8 Å². The number of benzene rings is 1. The molecule has 1 aromatic carbocycles. The highest BCUT2D eigenvalue weighted by atomic mass is 16.5. The Bertz CT molecular complexity index is 741. The number of hydrogen-bond acceptors (Lipinski definition) is 6. The van der Waals surface area contributed by atoms with Crippen LogP contribution < -0.4 is 10.2 Å². The van der Waals surface area contributed by atoms with Gasteiger partial charge in [0.15, 0.2) is 0 Å². The molecule has 1 atom stereocenters. The number of methoxy groups -OCH3 is 1. The molecule has 0 saturated carbocycles. The standard InChI is InChI=1S/C19H24N4O3/c1-26-12-15-4-2-5-16(10-15)18(24)22-13-19(25)6-3-9-23(14-19)17-11-20-7-8-21-17/h2,4-5,7-8,10-11,25H,3,6,9,12-14H2,1H3,(H,22,24)/t19-/m0/s1. The maximum Gasteiger partial charge on any atom is 0.251 e. The van der Waals surface area contributed by atoms with Crippen molar-refractivity contribution in [3.05, 3.63) is 54.0 Å². The normalized spacial score (nSPS) is 20.0. The number of hydrogen-bond donors (Lipinski definition) is 2. The van der Waals surface area contributed by atoms with Crippen LogP contribution in [0.5, 0.6) is 0 Å². The van der Waals surface area contributed by atoms with Crippen LogP contribution in [-0.2, 0) is 11.3 Å². The average molecular weight is 356 g/mol. The summed E-state index contributed by atoms with van der Waals surface area (Å²) in [5, 5.41) is 13.8. The molecule has 0 unspecified atom stereocenters. The summed E-state index contributed by atoms with van der Waals surface area (Å²) in [6.45, 7) is 1.87. The minimum absolute atomic E-state index is 0.192. The molecular formula is C19H24N4O3. The first-order valence-electron chi connectivity index (χ1n) is 8.69. The molecule has 0 spiro atoms. The molecule has 1 aromatic heterocycles. The Kier molecular flexibility index (Phi) is 5.80. The van der Waals surface area contributed by atoms with Gasteiger partial charge in [0.2, 0.25) is 0 Å². The third kappa shape index (κ3) is 4.56. The van der Waals surface area contributed by atoms with Gasteiger partial charge in [-0.1, -0.05) is 12.1 Å². The van der Waals surface area contributed by atoms with Crippen LogP contribution in [-0.4, -0.2) is 53.3 Å². The molecule has 7 heteroatoms. The van der Waals surface area contributed by atoms with E-state index in [1.165, 1.54) is 0 Å². The molecule has 3 rings (SSSR count). The number of piperidine rings is 1. The highest BCUT2D eigenvalue weighted by Crippen LogP contribution is 2.24. The maximum atomic E-state index is 12.4. The van der Waals surface area contributed by atoms with E-state index in [1.54, 1.807) is 37.8 Å². The van der Waals surface area contributed by atoms with E-state index in [1.807, 2.05) is 17.0 Å². The fourth-order valence-electron chi connectivity index (χ4n) is 3.22. The van der Waals surface area contributed by atoms with Gasteiger partial charge in [-0.15, -0.1) is 0 Å². The summed E-state index contributed by atoms with van der Waals surface area (Å²) in [4.78, 5) is 22.8. The van der Waals surface area contributed by atoms with Crippen molar-refractivity contribution in [2.75, 3.05) is 31.6 Å². The summed E-state index contributed by atoms with van der Waals surface area (Å²) in [5.41, 5.74) is 0.505. The number of β-amino-alcohol motifs (C(OH)–C–C–N with tert-alkyl or cyclic N) is 1. The Hall–Kier alpha value is -2.51. The second-order valence-corrected chi connectivity index (χ2v) is 6.63. The van der Waals surface area contributed by atoms with Gasteiger partial charge < -0.3 is 20.1 Å². The van der Waals surface area contributed by atoms with Crippen molar-refractivity contribution in [1.29, 1.82) is 0 Å². The molecule has 138 valence electrons. The average Bonchev–Trinajstić information content (AvgIpc) is 2.67. The van der Waals surface area contributed by atoms with Gasteiger partial charge in [-0.3, -0.25) is 9.78 Å². The van der Waals surface area contributed by atoms with Gasteiger partial charge in [0.1, 0.15) is 5.82 Å². The molecule has 7 nitrogen and oxygen atoms in total. The number of aliphatic hydroxyl groups is 1.